The average Bonchev–Trinajstić information content (AvgIpc) is 2.48. The van der Waals surface area contributed by atoms with Crippen LogP contribution < -0.4 is 11.3 Å². The lowest BCUT2D eigenvalue weighted by Gasteiger charge is -2.18. The van der Waals surface area contributed by atoms with Crippen LogP contribution in [0.2, 0.25) is 0 Å². The summed E-state index contributed by atoms with van der Waals surface area (Å²) in [6.07, 6.45) is 0. The van der Waals surface area contributed by atoms with Crippen molar-refractivity contribution in [1.29, 1.82) is 0 Å². The maximum atomic E-state index is 11.4. The molecule has 78 valence electrons. The van der Waals surface area contributed by atoms with E-state index >= 15 is 0 Å². The molecule has 5 nitrogen and oxygen atoms in total. The number of hydrogen-bond donors (Lipinski definition) is 2. The van der Waals surface area contributed by atoms with Crippen molar-refractivity contribution in [2.24, 2.45) is 5.84 Å². The number of nitrogens with two attached hydrogens (primary N) is 1. The topological polar surface area (TPSA) is 77.2 Å². The summed E-state index contributed by atoms with van der Waals surface area (Å²) in [6, 6.07) is 0. The molecule has 0 saturated heterocycles. The van der Waals surface area contributed by atoms with Crippen molar-refractivity contribution in [2.45, 2.75) is 26.4 Å². The molecule has 1 aromatic heterocycles. The second-order valence-electron chi connectivity index (χ2n) is 3.68. The van der Waals surface area contributed by atoms with Gasteiger partial charge in [0.1, 0.15) is 5.60 Å². The van der Waals surface area contributed by atoms with E-state index in [0.29, 0.717) is 5.13 Å². The zero-order chi connectivity index (χ0) is 10.8. The first-order chi connectivity index (χ1) is 6.42. The van der Waals surface area contributed by atoms with Crippen molar-refractivity contribution in [3.63, 3.8) is 0 Å². The fourth-order valence-electron chi connectivity index (χ4n) is 0.764. The normalized spacial score (nSPS) is 11.1. The smallest absolute Gasteiger partial charge is 0.358 e. The Balaban J connectivity index is 2.70. The average molecular weight is 215 g/mol. The molecule has 6 heteroatoms. The van der Waals surface area contributed by atoms with Crippen molar-refractivity contribution in [2.75, 3.05) is 5.43 Å². The van der Waals surface area contributed by atoms with E-state index in [2.05, 4.69) is 10.4 Å². The van der Waals surface area contributed by atoms with Gasteiger partial charge in [0.05, 0.1) is 0 Å². The van der Waals surface area contributed by atoms with E-state index in [1.807, 2.05) is 0 Å². The van der Waals surface area contributed by atoms with Crippen LogP contribution in [0, 0.1) is 0 Å². The van der Waals surface area contributed by atoms with Gasteiger partial charge in [-0.25, -0.2) is 15.6 Å². The Morgan fingerprint density at radius 3 is 2.71 bits per heavy atom. The summed E-state index contributed by atoms with van der Waals surface area (Å²) in [5.41, 5.74) is 2.14. The molecule has 0 fully saturated rings. The number of esters is 1. The number of hydrazine groups is 1. The lowest BCUT2D eigenvalue weighted by Crippen LogP contribution is -2.24. The molecule has 0 amide bonds. The lowest BCUT2D eigenvalue weighted by molar-refractivity contribution is 0.00638. The highest BCUT2D eigenvalue weighted by atomic mass is 32.1. The first-order valence-electron chi connectivity index (χ1n) is 4.08. The minimum atomic E-state index is -0.503. The predicted molar refractivity (Wildman–Crippen MR) is 55.1 cm³/mol. The van der Waals surface area contributed by atoms with Gasteiger partial charge in [-0.15, -0.1) is 11.3 Å². The molecule has 1 aromatic rings. The third kappa shape index (κ3) is 2.97. The molecule has 0 radical (unpaired) electrons. The van der Waals surface area contributed by atoms with Crippen LogP contribution in [0.1, 0.15) is 31.3 Å². The van der Waals surface area contributed by atoms with Gasteiger partial charge in [-0.1, -0.05) is 0 Å². The number of nitrogens with zero attached hydrogens (tertiary/aromatic N) is 1. The van der Waals surface area contributed by atoms with Crippen molar-refractivity contribution in [3.05, 3.63) is 11.1 Å². The molecule has 0 spiro atoms. The minimum Gasteiger partial charge on any atom is -0.455 e. The third-order valence-electron chi connectivity index (χ3n) is 1.24. The number of ether oxygens (including phenoxy) is 1. The van der Waals surface area contributed by atoms with Gasteiger partial charge in [0, 0.05) is 5.38 Å². The van der Waals surface area contributed by atoms with E-state index < -0.39 is 11.6 Å². The molecule has 0 saturated carbocycles. The third-order valence-corrected chi connectivity index (χ3v) is 2.01. The number of carbonyl (C=O) groups excluding carboxylic acids is 1. The summed E-state index contributed by atoms with van der Waals surface area (Å²) < 4.78 is 5.12. The fraction of sp³-hybridized carbons (Fsp3) is 0.500. The number of thiazole rings is 1. The van der Waals surface area contributed by atoms with Crippen molar-refractivity contribution in [1.82, 2.24) is 4.98 Å². The summed E-state index contributed by atoms with van der Waals surface area (Å²) >= 11 is 1.26. The zero-order valence-electron chi connectivity index (χ0n) is 8.33. The first kappa shape index (κ1) is 10.9. The summed E-state index contributed by atoms with van der Waals surface area (Å²) in [4.78, 5) is 15.4. The van der Waals surface area contributed by atoms with Crippen molar-refractivity contribution in [3.8, 4) is 0 Å². The number of rotatable bonds is 2. The van der Waals surface area contributed by atoms with Crippen LogP contribution in [0.4, 0.5) is 5.13 Å². The molecule has 14 heavy (non-hydrogen) atoms. The number of carbonyl (C=O) groups is 1. The van der Waals surface area contributed by atoms with Crippen LogP contribution in [0.25, 0.3) is 0 Å². The first-order valence-corrected chi connectivity index (χ1v) is 4.96. The quantitative estimate of drug-likeness (QED) is 0.443. The van der Waals surface area contributed by atoms with Gasteiger partial charge in [0.25, 0.3) is 0 Å². The van der Waals surface area contributed by atoms with Crippen LogP contribution >= 0.6 is 11.3 Å². The van der Waals surface area contributed by atoms with Gasteiger partial charge >= 0.3 is 5.97 Å². The maximum Gasteiger partial charge on any atom is 0.358 e. The summed E-state index contributed by atoms with van der Waals surface area (Å²) in [5.74, 6) is 4.70. The zero-order valence-corrected chi connectivity index (χ0v) is 9.14. The SMILES string of the molecule is CC(C)(C)OC(=O)c1csc(NN)n1. The maximum absolute atomic E-state index is 11.4. The fourth-order valence-corrected chi connectivity index (χ4v) is 1.36. The molecule has 3 N–H and O–H groups in total. The van der Waals surface area contributed by atoms with Gasteiger partial charge in [0.2, 0.25) is 0 Å². The molecule has 0 aliphatic carbocycles. The number of anilines is 1. The minimum absolute atomic E-state index is 0.276. The van der Waals surface area contributed by atoms with E-state index in [4.69, 9.17) is 10.6 Å². The summed E-state index contributed by atoms with van der Waals surface area (Å²) in [5, 5.41) is 2.09. The Kier molecular flexibility index (Phi) is 3.07. The summed E-state index contributed by atoms with van der Waals surface area (Å²) in [6.45, 7) is 5.41. The molecular formula is C8H13N3O2S. The van der Waals surface area contributed by atoms with Crippen LogP contribution in [-0.4, -0.2) is 16.6 Å². The molecular weight excluding hydrogens is 202 g/mol. The second-order valence-corrected chi connectivity index (χ2v) is 4.54. The van der Waals surface area contributed by atoms with Crippen LogP contribution in [0.3, 0.4) is 0 Å². The van der Waals surface area contributed by atoms with E-state index in [1.165, 1.54) is 11.3 Å². The molecule has 0 unspecified atom stereocenters. The molecule has 0 aliphatic rings. The van der Waals surface area contributed by atoms with Crippen LogP contribution in [0.5, 0.6) is 0 Å². The highest BCUT2D eigenvalue weighted by molar-refractivity contribution is 7.13. The van der Waals surface area contributed by atoms with Gasteiger partial charge in [-0.3, -0.25) is 5.43 Å². The number of nitrogen functional groups attached to an aromatic ring is 1. The summed E-state index contributed by atoms with van der Waals surface area (Å²) in [7, 11) is 0. The number of aromatic nitrogens is 1. The Labute approximate surface area is 86.3 Å². The Morgan fingerprint density at radius 2 is 2.29 bits per heavy atom. The van der Waals surface area contributed by atoms with Gasteiger partial charge < -0.3 is 4.74 Å². The molecule has 0 bridgehead atoms. The lowest BCUT2D eigenvalue weighted by atomic mass is 10.2. The Morgan fingerprint density at radius 1 is 1.64 bits per heavy atom. The van der Waals surface area contributed by atoms with E-state index in [1.54, 1.807) is 26.2 Å². The molecule has 0 aliphatic heterocycles. The van der Waals surface area contributed by atoms with Gasteiger partial charge in [0.15, 0.2) is 10.8 Å². The van der Waals surface area contributed by atoms with Crippen molar-refractivity contribution < 1.29 is 9.53 Å². The standard InChI is InChI=1S/C8H13N3O2S/c1-8(2,3)13-6(12)5-4-14-7(10-5)11-9/h4H,9H2,1-3H3,(H,10,11). The van der Waals surface area contributed by atoms with Crippen molar-refractivity contribution >= 4 is 22.4 Å². The molecule has 0 aromatic carbocycles. The van der Waals surface area contributed by atoms with E-state index in [9.17, 15) is 4.79 Å². The van der Waals surface area contributed by atoms with Gasteiger partial charge in [-0.2, -0.15) is 0 Å². The van der Waals surface area contributed by atoms with E-state index in [-0.39, 0.29) is 5.69 Å². The molecule has 1 rings (SSSR count). The largest absolute Gasteiger partial charge is 0.455 e. The Bertz CT molecular complexity index is 330. The number of nitrogens with one attached hydrogen (secondary N) is 1. The van der Waals surface area contributed by atoms with Crippen LogP contribution in [0.15, 0.2) is 5.38 Å². The molecule has 0 atom stereocenters. The number of hydrogen-bond acceptors (Lipinski definition) is 6. The highest BCUT2D eigenvalue weighted by Gasteiger charge is 2.19. The monoisotopic (exact) mass is 215 g/mol. The van der Waals surface area contributed by atoms with E-state index in [0.717, 1.165) is 0 Å². The highest BCUT2D eigenvalue weighted by Crippen LogP contribution is 2.17. The van der Waals surface area contributed by atoms with Crippen LogP contribution in [-0.2, 0) is 4.74 Å². The second kappa shape index (κ2) is 3.93. The van der Waals surface area contributed by atoms with Gasteiger partial charge in [-0.05, 0) is 20.8 Å². The Hall–Kier alpha value is -1.14. The molecule has 1 heterocycles. The predicted octanol–water partition coefficient (Wildman–Crippen LogP) is 1.38.